The lowest BCUT2D eigenvalue weighted by Gasteiger charge is -2.26. The van der Waals surface area contributed by atoms with Crippen molar-refractivity contribution >= 4 is 43.6 Å². The number of halogens is 6. The number of nitriles is 1. The third kappa shape index (κ3) is 10.9. The summed E-state index contributed by atoms with van der Waals surface area (Å²) in [5, 5.41) is 12.1. The fourth-order valence-electron chi connectivity index (χ4n) is 11.8. The quantitative estimate of drug-likeness (QED) is 0.149. The monoisotopic (exact) mass is 1180 g/mol. The zero-order valence-electron chi connectivity index (χ0n) is 51.3. The van der Waals surface area contributed by atoms with Gasteiger partial charge in [0.05, 0.1) is 56.2 Å². The van der Waals surface area contributed by atoms with Gasteiger partial charge in [-0.15, -0.1) is 0 Å². The second-order valence-corrected chi connectivity index (χ2v) is 27.2. The molecule has 0 fully saturated rings. The SMILES string of the molecule is CC(C)(C)c1cc(-c2nc(-c3cc(C(C)(C)C)cc(C(C)(C)C)c3)nc(-c3cc(-c4cc(-c5cccc(C#N)c5)ccc4-n4c5ccccc5c5cc(C(F)(F)F)ccc54)ccc3-n3c4ccccc4c4cc(C(F)(F)F)ccc43)n2)cc(C(C)(C)C)c1. The van der Waals surface area contributed by atoms with Gasteiger partial charge in [-0.25, -0.2) is 15.0 Å². The molecular weight excluding hydrogens is 1110 g/mol. The first kappa shape index (κ1) is 59.0. The maximum atomic E-state index is 14.7. The molecule has 0 saturated carbocycles. The van der Waals surface area contributed by atoms with Gasteiger partial charge in [0.2, 0.25) is 0 Å². The Labute approximate surface area is 508 Å². The Hall–Kier alpha value is -9.34. The minimum atomic E-state index is -4.62. The van der Waals surface area contributed by atoms with E-state index in [1.54, 1.807) is 6.07 Å². The van der Waals surface area contributed by atoms with Crippen LogP contribution >= 0.6 is 0 Å². The highest BCUT2D eigenvalue weighted by molar-refractivity contribution is 6.11. The molecule has 3 aromatic heterocycles. The normalized spacial score (nSPS) is 12.9. The van der Waals surface area contributed by atoms with Crippen LogP contribution in [0.1, 0.15) is 122 Å². The van der Waals surface area contributed by atoms with E-state index in [1.807, 2.05) is 112 Å². The zero-order valence-corrected chi connectivity index (χ0v) is 51.3. The summed E-state index contributed by atoms with van der Waals surface area (Å²) in [4.78, 5) is 16.6. The summed E-state index contributed by atoms with van der Waals surface area (Å²) in [6, 6.07) is 56.9. The van der Waals surface area contributed by atoms with Gasteiger partial charge in [0.15, 0.2) is 17.5 Å². The molecule has 0 aliphatic carbocycles. The van der Waals surface area contributed by atoms with Crippen molar-refractivity contribution < 1.29 is 26.3 Å². The second-order valence-electron chi connectivity index (χ2n) is 27.2. The van der Waals surface area contributed by atoms with E-state index in [1.165, 1.54) is 24.3 Å². The van der Waals surface area contributed by atoms with Gasteiger partial charge in [0, 0.05) is 43.8 Å². The molecule has 9 aromatic carbocycles. The van der Waals surface area contributed by atoms with Gasteiger partial charge in [0.25, 0.3) is 0 Å². The summed E-state index contributed by atoms with van der Waals surface area (Å²) in [6.45, 7) is 26.2. The van der Waals surface area contributed by atoms with Crippen molar-refractivity contribution in [3.05, 3.63) is 221 Å². The van der Waals surface area contributed by atoms with Gasteiger partial charge < -0.3 is 9.13 Å². The van der Waals surface area contributed by atoms with Gasteiger partial charge in [-0.1, -0.05) is 156 Å². The third-order valence-electron chi connectivity index (χ3n) is 16.8. The molecular formula is C76H66F6N6. The lowest BCUT2D eigenvalue weighted by atomic mass is 9.79. The molecule has 88 heavy (non-hydrogen) atoms. The van der Waals surface area contributed by atoms with Crippen LogP contribution in [0.4, 0.5) is 26.3 Å². The van der Waals surface area contributed by atoms with Crippen LogP contribution in [0.25, 0.3) is 111 Å². The first-order chi connectivity index (χ1) is 41.3. The standard InChI is InChI=1S/C76H66F6N6/c1-71(2,3)52-33-48(34-53(39-52)72(4,5)6)68-84-69(49-35-54(73(7,8)9)40-55(36-49)74(10,11)12)86-70(85-68)61-38-47(25-29-67(61)88-63-23-16-14-21-57(63)60-42-51(76(80,81)82)27-31-66(60)88)58-37-46(45-19-17-18-44(32-45)43-83)24-28-64(58)87-62-22-15-13-20-56(62)59-41-50(75(77,78)79)26-30-65(59)87/h13-42H,1-12H3. The van der Waals surface area contributed by atoms with Crippen LogP contribution < -0.4 is 0 Å². The van der Waals surface area contributed by atoms with Crippen LogP contribution in [0, 0.1) is 11.3 Å². The van der Waals surface area contributed by atoms with Crippen molar-refractivity contribution in [3.63, 3.8) is 0 Å². The lowest BCUT2D eigenvalue weighted by molar-refractivity contribution is -0.138. The van der Waals surface area contributed by atoms with Crippen molar-refractivity contribution in [2.24, 2.45) is 0 Å². The van der Waals surface area contributed by atoms with E-state index < -0.39 is 23.5 Å². The minimum absolute atomic E-state index is 0.277. The molecule has 0 unspecified atom stereocenters. The van der Waals surface area contributed by atoms with Crippen LogP contribution in [0.3, 0.4) is 0 Å². The predicted molar refractivity (Wildman–Crippen MR) is 345 cm³/mol. The van der Waals surface area contributed by atoms with Crippen molar-refractivity contribution in [3.8, 4) is 73.9 Å². The van der Waals surface area contributed by atoms with Crippen LogP contribution in [0.15, 0.2) is 182 Å². The maximum Gasteiger partial charge on any atom is 0.416 e. The topological polar surface area (TPSA) is 72.3 Å². The molecule has 0 aliphatic heterocycles. The Kier molecular flexibility index (Phi) is 14.0. The second kappa shape index (κ2) is 20.9. The summed E-state index contributed by atoms with van der Waals surface area (Å²) in [7, 11) is 0. The maximum absolute atomic E-state index is 14.7. The van der Waals surface area contributed by atoms with Crippen molar-refractivity contribution in [2.45, 2.75) is 117 Å². The molecule has 0 radical (unpaired) electrons. The Bertz CT molecular complexity index is 4670. The number of para-hydroxylation sites is 2. The molecule has 12 rings (SSSR count). The molecule has 0 saturated heterocycles. The Morgan fingerprint density at radius 3 is 1.14 bits per heavy atom. The van der Waals surface area contributed by atoms with E-state index in [4.69, 9.17) is 15.0 Å². The largest absolute Gasteiger partial charge is 0.416 e. The molecule has 0 amide bonds. The van der Waals surface area contributed by atoms with Gasteiger partial charge in [-0.3, -0.25) is 0 Å². The minimum Gasteiger partial charge on any atom is -0.309 e. The van der Waals surface area contributed by atoms with Crippen molar-refractivity contribution in [1.29, 1.82) is 5.26 Å². The van der Waals surface area contributed by atoms with E-state index in [0.29, 0.717) is 88.9 Å². The molecule has 12 aromatic rings. The van der Waals surface area contributed by atoms with E-state index in [-0.39, 0.29) is 27.5 Å². The molecule has 3 heterocycles. The number of nitrogens with zero attached hydrogens (tertiary/aromatic N) is 6. The first-order valence-electron chi connectivity index (χ1n) is 29.4. The molecule has 0 bridgehead atoms. The van der Waals surface area contributed by atoms with Crippen molar-refractivity contribution in [1.82, 2.24) is 24.1 Å². The average molecular weight is 1180 g/mol. The number of rotatable bonds is 7. The van der Waals surface area contributed by atoms with E-state index in [9.17, 15) is 31.6 Å². The molecule has 6 nitrogen and oxygen atoms in total. The van der Waals surface area contributed by atoms with Crippen LogP contribution in [0.5, 0.6) is 0 Å². The highest BCUT2D eigenvalue weighted by Crippen LogP contribution is 2.46. The predicted octanol–water partition coefficient (Wildman–Crippen LogP) is 21.5. The van der Waals surface area contributed by atoms with Gasteiger partial charge in [-0.05, 0) is 170 Å². The lowest BCUT2D eigenvalue weighted by Crippen LogP contribution is -2.17. The third-order valence-corrected chi connectivity index (χ3v) is 16.8. The number of fused-ring (bicyclic) bond motifs is 6. The van der Waals surface area contributed by atoms with Crippen LogP contribution in [-0.2, 0) is 34.0 Å². The fourth-order valence-corrected chi connectivity index (χ4v) is 11.8. The van der Waals surface area contributed by atoms with E-state index in [2.05, 4.69) is 126 Å². The van der Waals surface area contributed by atoms with Gasteiger partial charge in [0.1, 0.15) is 0 Å². The number of alkyl halides is 6. The van der Waals surface area contributed by atoms with Crippen molar-refractivity contribution in [2.75, 3.05) is 0 Å². The summed E-state index contributed by atoms with van der Waals surface area (Å²) in [5.41, 5.74) is 10.6. The highest BCUT2D eigenvalue weighted by atomic mass is 19.4. The molecule has 12 heteroatoms. The first-order valence-corrected chi connectivity index (χ1v) is 29.4. The van der Waals surface area contributed by atoms with Gasteiger partial charge in [-0.2, -0.15) is 31.6 Å². The Balaban J connectivity index is 1.23. The number of aromatic nitrogens is 5. The van der Waals surface area contributed by atoms with E-state index >= 15 is 0 Å². The Morgan fingerprint density at radius 2 is 0.705 bits per heavy atom. The van der Waals surface area contributed by atoms with Crippen LogP contribution in [-0.4, -0.2) is 24.1 Å². The summed E-state index contributed by atoms with van der Waals surface area (Å²) in [6.07, 6.45) is -9.21. The summed E-state index contributed by atoms with van der Waals surface area (Å²) >= 11 is 0. The fraction of sp³-hybridized carbons (Fsp3) is 0.237. The average Bonchev–Trinajstić information content (AvgIpc) is 1.57. The molecule has 442 valence electrons. The molecule has 0 atom stereocenters. The molecule has 0 aliphatic rings. The highest BCUT2D eigenvalue weighted by Gasteiger charge is 2.34. The number of hydrogen-bond acceptors (Lipinski definition) is 4. The summed E-state index contributed by atoms with van der Waals surface area (Å²) < 4.78 is 91.7. The van der Waals surface area contributed by atoms with Crippen LogP contribution in [0.2, 0.25) is 0 Å². The molecule has 0 N–H and O–H groups in total. The smallest absolute Gasteiger partial charge is 0.309 e. The van der Waals surface area contributed by atoms with E-state index in [0.717, 1.165) is 56.6 Å². The number of benzene rings is 9. The zero-order chi connectivity index (χ0) is 62.8. The number of hydrogen-bond donors (Lipinski definition) is 0. The van der Waals surface area contributed by atoms with Gasteiger partial charge >= 0.3 is 12.4 Å². The Morgan fingerprint density at radius 1 is 0.318 bits per heavy atom. The molecule has 0 spiro atoms. The summed E-state index contributed by atoms with van der Waals surface area (Å²) in [5.74, 6) is 1.10.